The maximum Gasteiger partial charge on any atom is 0.232 e. The molecule has 2 atom stereocenters. The molecule has 0 bridgehead atoms. The lowest BCUT2D eigenvalue weighted by Crippen LogP contribution is -2.00. The van der Waals surface area contributed by atoms with Crippen LogP contribution in [0.4, 0.5) is 0 Å². The van der Waals surface area contributed by atoms with Crippen LogP contribution in [0, 0.1) is 6.92 Å². The fourth-order valence-electron chi connectivity index (χ4n) is 2.38. The van der Waals surface area contributed by atoms with Crippen molar-refractivity contribution in [1.29, 1.82) is 0 Å². The third-order valence-electron chi connectivity index (χ3n) is 3.81. The molecule has 0 aromatic carbocycles. The molecular formula is C15H16N4O. The van der Waals surface area contributed by atoms with Crippen LogP contribution in [0.1, 0.15) is 48.2 Å². The van der Waals surface area contributed by atoms with Gasteiger partial charge in [0.2, 0.25) is 5.88 Å². The number of nitrogens with zero attached hydrogens (tertiary/aromatic N) is 4. The van der Waals surface area contributed by atoms with Crippen molar-refractivity contribution in [3.8, 4) is 5.88 Å². The molecule has 2 aliphatic rings. The zero-order chi connectivity index (χ0) is 13.5. The van der Waals surface area contributed by atoms with Crippen LogP contribution in [0.15, 0.2) is 24.8 Å². The van der Waals surface area contributed by atoms with Gasteiger partial charge >= 0.3 is 0 Å². The highest BCUT2D eigenvalue weighted by Gasteiger charge is 2.42. The molecule has 102 valence electrons. The molecule has 0 spiro atoms. The van der Waals surface area contributed by atoms with Crippen LogP contribution in [-0.2, 0) is 0 Å². The number of ether oxygens (including phenoxy) is 1. The van der Waals surface area contributed by atoms with Gasteiger partial charge in [0.05, 0.1) is 29.5 Å². The Balaban J connectivity index is 1.45. The van der Waals surface area contributed by atoms with Crippen LogP contribution in [0.2, 0.25) is 0 Å². The predicted molar refractivity (Wildman–Crippen MR) is 72.6 cm³/mol. The first-order valence-corrected chi connectivity index (χ1v) is 7.07. The largest absolute Gasteiger partial charge is 0.473 e. The summed E-state index contributed by atoms with van der Waals surface area (Å²) in [4.78, 5) is 17.6. The van der Waals surface area contributed by atoms with Gasteiger partial charge in [-0.25, -0.2) is 4.98 Å². The van der Waals surface area contributed by atoms with Crippen LogP contribution in [-0.4, -0.2) is 26.0 Å². The second kappa shape index (κ2) is 4.51. The maximum absolute atomic E-state index is 5.61. The Bertz CT molecular complexity index is 607. The zero-order valence-electron chi connectivity index (χ0n) is 11.4. The number of aryl methyl sites for hydroxylation is 1. The van der Waals surface area contributed by atoms with Crippen LogP contribution < -0.4 is 4.74 Å². The molecule has 5 nitrogen and oxygen atoms in total. The van der Waals surface area contributed by atoms with Crippen molar-refractivity contribution in [1.82, 2.24) is 19.9 Å². The molecule has 0 N–H and O–H groups in total. The molecule has 0 amide bonds. The van der Waals surface area contributed by atoms with Gasteiger partial charge in [0.25, 0.3) is 0 Å². The molecule has 20 heavy (non-hydrogen) atoms. The van der Waals surface area contributed by atoms with Crippen molar-refractivity contribution in [3.05, 3.63) is 41.9 Å². The number of hydrogen-bond acceptors (Lipinski definition) is 5. The minimum atomic E-state index is 0.367. The Kier molecular flexibility index (Phi) is 2.65. The van der Waals surface area contributed by atoms with E-state index in [1.807, 2.05) is 25.5 Å². The van der Waals surface area contributed by atoms with E-state index in [9.17, 15) is 0 Å². The molecule has 2 aliphatic carbocycles. The van der Waals surface area contributed by atoms with Crippen LogP contribution in [0.5, 0.6) is 5.88 Å². The maximum atomic E-state index is 5.61. The first-order valence-electron chi connectivity index (χ1n) is 7.07. The second-order valence-electron chi connectivity index (χ2n) is 5.63. The normalized spacial score (nSPS) is 24.4. The van der Waals surface area contributed by atoms with Gasteiger partial charge in [-0.3, -0.25) is 15.0 Å². The summed E-state index contributed by atoms with van der Waals surface area (Å²) in [5.41, 5.74) is 3.04. The summed E-state index contributed by atoms with van der Waals surface area (Å²) in [7, 11) is 0. The van der Waals surface area contributed by atoms with E-state index in [2.05, 4.69) is 19.9 Å². The zero-order valence-corrected chi connectivity index (χ0v) is 11.4. The van der Waals surface area contributed by atoms with Crippen LogP contribution in [0.25, 0.3) is 0 Å². The summed E-state index contributed by atoms with van der Waals surface area (Å²) in [5, 5.41) is 0. The van der Waals surface area contributed by atoms with E-state index < -0.39 is 0 Å². The average Bonchev–Trinajstić information content (AvgIpc) is 3.35. The number of rotatable bonds is 4. The quantitative estimate of drug-likeness (QED) is 0.852. The molecule has 2 saturated carbocycles. The number of aromatic nitrogens is 4. The van der Waals surface area contributed by atoms with Gasteiger partial charge in [-0.05, 0) is 26.2 Å². The highest BCUT2D eigenvalue weighted by Crippen LogP contribution is 2.53. The fourth-order valence-corrected chi connectivity index (χ4v) is 2.38. The molecule has 0 aliphatic heterocycles. The van der Waals surface area contributed by atoms with Gasteiger partial charge in [-0.15, -0.1) is 0 Å². The van der Waals surface area contributed by atoms with Crippen molar-refractivity contribution in [2.24, 2.45) is 0 Å². The van der Waals surface area contributed by atoms with E-state index in [1.165, 1.54) is 0 Å². The molecule has 4 rings (SSSR count). The minimum Gasteiger partial charge on any atom is -0.473 e. The molecule has 2 heterocycles. The van der Waals surface area contributed by atoms with E-state index in [0.717, 1.165) is 36.3 Å². The van der Waals surface area contributed by atoms with Crippen molar-refractivity contribution in [2.45, 2.75) is 44.1 Å². The average molecular weight is 268 g/mol. The summed E-state index contributed by atoms with van der Waals surface area (Å²) in [6, 6.07) is 0. The third-order valence-corrected chi connectivity index (χ3v) is 3.81. The van der Waals surface area contributed by atoms with E-state index in [-0.39, 0.29) is 0 Å². The van der Waals surface area contributed by atoms with Gasteiger partial charge < -0.3 is 4.74 Å². The summed E-state index contributed by atoms with van der Waals surface area (Å²) < 4.78 is 5.61. The smallest absolute Gasteiger partial charge is 0.232 e. The lowest BCUT2D eigenvalue weighted by Gasteiger charge is -2.04. The van der Waals surface area contributed by atoms with E-state index >= 15 is 0 Å². The molecule has 1 unspecified atom stereocenters. The van der Waals surface area contributed by atoms with Gasteiger partial charge in [0, 0.05) is 24.2 Å². The van der Waals surface area contributed by atoms with Crippen molar-refractivity contribution >= 4 is 0 Å². The summed E-state index contributed by atoms with van der Waals surface area (Å²) in [6.07, 6.45) is 11.0. The standard InChI is InChI=1S/C15H16N4O/c1-9-5-17-13(6-16-9)11-4-12(11)14-7-19-15(8-18-14)20-10-2-3-10/h5-8,10-12H,2-4H2,1H3/t11?,12-/m0/s1. The number of hydrogen-bond donors (Lipinski definition) is 0. The predicted octanol–water partition coefficient (Wildman–Crippen LogP) is 2.39. The highest BCUT2D eigenvalue weighted by molar-refractivity contribution is 5.27. The molecular weight excluding hydrogens is 252 g/mol. The lowest BCUT2D eigenvalue weighted by molar-refractivity contribution is 0.289. The fraction of sp³-hybridized carbons (Fsp3) is 0.467. The SMILES string of the molecule is Cc1cnc(C2C[C@@H]2c2cnc(OC3CC3)cn2)cn1. The lowest BCUT2D eigenvalue weighted by atomic mass is 10.2. The Labute approximate surface area is 117 Å². The van der Waals surface area contributed by atoms with Gasteiger partial charge in [-0.1, -0.05) is 0 Å². The first-order chi connectivity index (χ1) is 9.79. The van der Waals surface area contributed by atoms with E-state index in [1.54, 1.807) is 6.20 Å². The second-order valence-corrected chi connectivity index (χ2v) is 5.63. The molecule has 0 saturated heterocycles. The van der Waals surface area contributed by atoms with Crippen molar-refractivity contribution in [3.63, 3.8) is 0 Å². The van der Waals surface area contributed by atoms with Crippen LogP contribution >= 0.6 is 0 Å². The van der Waals surface area contributed by atoms with E-state index in [0.29, 0.717) is 23.8 Å². The van der Waals surface area contributed by atoms with E-state index in [4.69, 9.17) is 4.74 Å². The molecule has 2 fully saturated rings. The topological polar surface area (TPSA) is 60.8 Å². The van der Waals surface area contributed by atoms with Crippen LogP contribution in [0.3, 0.4) is 0 Å². The van der Waals surface area contributed by atoms with Gasteiger partial charge in [-0.2, -0.15) is 0 Å². The summed E-state index contributed by atoms with van der Waals surface area (Å²) in [5.74, 6) is 1.51. The Morgan fingerprint density at radius 2 is 1.60 bits per heavy atom. The Morgan fingerprint density at radius 3 is 2.15 bits per heavy atom. The molecule has 2 aromatic heterocycles. The third kappa shape index (κ3) is 2.35. The summed E-state index contributed by atoms with van der Waals surface area (Å²) in [6.45, 7) is 1.95. The Hall–Kier alpha value is -2.04. The summed E-state index contributed by atoms with van der Waals surface area (Å²) >= 11 is 0. The first kappa shape index (κ1) is 11.8. The highest BCUT2D eigenvalue weighted by atomic mass is 16.5. The van der Waals surface area contributed by atoms with Gasteiger partial charge in [0.15, 0.2) is 0 Å². The molecule has 5 heteroatoms. The van der Waals surface area contributed by atoms with Gasteiger partial charge in [0.1, 0.15) is 6.10 Å². The molecule has 0 radical (unpaired) electrons. The Morgan fingerprint density at radius 1 is 0.900 bits per heavy atom. The monoisotopic (exact) mass is 268 g/mol. The minimum absolute atomic E-state index is 0.367. The van der Waals surface area contributed by atoms with Crippen molar-refractivity contribution in [2.75, 3.05) is 0 Å². The van der Waals surface area contributed by atoms with Crippen molar-refractivity contribution < 1.29 is 4.74 Å². The molecule has 2 aromatic rings.